The van der Waals surface area contributed by atoms with Gasteiger partial charge in [0.1, 0.15) is 0 Å². The number of rotatable bonds is 3. The first-order chi connectivity index (χ1) is 6.87. The molecule has 0 amide bonds. The normalized spacial score (nSPS) is 23.5. The SMILES string of the molecule is CC(C)N(C)S(=O)(=O)N1CCNCC1C.Cl. The molecule has 5 nitrogen and oxygen atoms in total. The molecule has 0 spiro atoms. The minimum atomic E-state index is -3.28. The van der Waals surface area contributed by atoms with Crippen molar-refractivity contribution in [3.63, 3.8) is 0 Å². The van der Waals surface area contributed by atoms with E-state index < -0.39 is 10.2 Å². The largest absolute Gasteiger partial charge is 0.314 e. The molecule has 1 atom stereocenters. The summed E-state index contributed by atoms with van der Waals surface area (Å²) in [6.07, 6.45) is 0. The van der Waals surface area contributed by atoms with Crippen molar-refractivity contribution in [3.8, 4) is 0 Å². The fourth-order valence-electron chi connectivity index (χ4n) is 1.60. The van der Waals surface area contributed by atoms with Crippen molar-refractivity contribution in [1.29, 1.82) is 0 Å². The molecule has 1 N–H and O–H groups in total. The van der Waals surface area contributed by atoms with Crippen LogP contribution in [-0.2, 0) is 10.2 Å². The van der Waals surface area contributed by atoms with Crippen molar-refractivity contribution < 1.29 is 8.42 Å². The fourth-order valence-corrected chi connectivity index (χ4v) is 3.31. The first-order valence-electron chi connectivity index (χ1n) is 5.33. The van der Waals surface area contributed by atoms with Gasteiger partial charge in [0, 0.05) is 38.8 Å². The van der Waals surface area contributed by atoms with Gasteiger partial charge in [-0.25, -0.2) is 0 Å². The molecular weight excluding hydrogens is 250 g/mol. The standard InChI is InChI=1S/C9H21N3O2S.ClH/c1-8(2)11(4)15(13,14)12-6-5-10-7-9(12)3;/h8-10H,5-7H2,1-4H3;1H. The lowest BCUT2D eigenvalue weighted by Crippen LogP contribution is -2.56. The molecule has 1 heterocycles. The van der Waals surface area contributed by atoms with Gasteiger partial charge in [-0.2, -0.15) is 17.0 Å². The monoisotopic (exact) mass is 271 g/mol. The topological polar surface area (TPSA) is 52.7 Å². The molecule has 1 aliphatic rings. The summed E-state index contributed by atoms with van der Waals surface area (Å²) in [6.45, 7) is 7.70. The Labute approximate surface area is 105 Å². The molecule has 0 aromatic rings. The lowest BCUT2D eigenvalue weighted by molar-refractivity contribution is 0.256. The molecule has 0 radical (unpaired) electrons. The Kier molecular flexibility index (Phi) is 6.21. The molecule has 0 aromatic carbocycles. The predicted octanol–water partition coefficient (Wildman–Crippen LogP) is 0.287. The summed E-state index contributed by atoms with van der Waals surface area (Å²) in [6, 6.07) is 0.0297. The van der Waals surface area contributed by atoms with Crippen LogP contribution in [0.3, 0.4) is 0 Å². The predicted molar refractivity (Wildman–Crippen MR) is 68.1 cm³/mol. The van der Waals surface area contributed by atoms with Crippen LogP contribution in [0.5, 0.6) is 0 Å². The van der Waals surface area contributed by atoms with Crippen molar-refractivity contribution in [2.24, 2.45) is 0 Å². The third kappa shape index (κ3) is 3.30. The van der Waals surface area contributed by atoms with Gasteiger partial charge in [-0.3, -0.25) is 0 Å². The van der Waals surface area contributed by atoms with E-state index in [1.165, 1.54) is 4.31 Å². The van der Waals surface area contributed by atoms with Crippen molar-refractivity contribution >= 4 is 22.6 Å². The smallest absolute Gasteiger partial charge is 0.282 e. The molecular formula is C9H22ClN3O2S. The highest BCUT2D eigenvalue weighted by Gasteiger charge is 2.33. The molecule has 0 aliphatic carbocycles. The van der Waals surface area contributed by atoms with Crippen molar-refractivity contribution in [2.75, 3.05) is 26.7 Å². The zero-order valence-corrected chi connectivity index (χ0v) is 11.9. The summed E-state index contributed by atoms with van der Waals surface area (Å²) in [5.41, 5.74) is 0. The van der Waals surface area contributed by atoms with Crippen LogP contribution in [0.2, 0.25) is 0 Å². The van der Waals surface area contributed by atoms with Crippen LogP contribution in [0, 0.1) is 0 Å². The molecule has 1 fully saturated rings. The number of hydrogen-bond acceptors (Lipinski definition) is 3. The fraction of sp³-hybridized carbons (Fsp3) is 1.00. The Hall–Kier alpha value is 0.120. The van der Waals surface area contributed by atoms with Crippen LogP contribution in [0.15, 0.2) is 0 Å². The summed E-state index contributed by atoms with van der Waals surface area (Å²) < 4.78 is 27.3. The first kappa shape index (κ1) is 16.1. The Morgan fingerprint density at radius 1 is 1.44 bits per heavy atom. The molecule has 0 saturated carbocycles. The van der Waals surface area contributed by atoms with Crippen LogP contribution in [0.25, 0.3) is 0 Å². The molecule has 1 saturated heterocycles. The zero-order valence-electron chi connectivity index (χ0n) is 10.3. The minimum absolute atomic E-state index is 0. The number of halogens is 1. The van der Waals surface area contributed by atoms with Crippen LogP contribution in [-0.4, -0.2) is 55.8 Å². The number of nitrogens with zero attached hydrogens (tertiary/aromatic N) is 2. The molecule has 98 valence electrons. The number of piperazine rings is 1. The average Bonchev–Trinajstić information content (AvgIpc) is 2.16. The molecule has 1 unspecified atom stereocenters. The van der Waals surface area contributed by atoms with E-state index in [9.17, 15) is 8.42 Å². The van der Waals surface area contributed by atoms with Gasteiger partial charge in [0.2, 0.25) is 0 Å². The van der Waals surface area contributed by atoms with E-state index in [1.54, 1.807) is 11.4 Å². The Balaban J connectivity index is 0.00000225. The van der Waals surface area contributed by atoms with E-state index in [0.717, 1.165) is 13.1 Å². The van der Waals surface area contributed by atoms with E-state index in [2.05, 4.69) is 5.32 Å². The zero-order chi connectivity index (χ0) is 11.6. The lowest BCUT2D eigenvalue weighted by Gasteiger charge is -2.36. The third-order valence-corrected chi connectivity index (χ3v) is 5.11. The molecule has 0 aromatic heterocycles. The van der Waals surface area contributed by atoms with Crippen LogP contribution in [0.1, 0.15) is 20.8 Å². The van der Waals surface area contributed by atoms with E-state index >= 15 is 0 Å². The molecule has 16 heavy (non-hydrogen) atoms. The van der Waals surface area contributed by atoms with Gasteiger partial charge < -0.3 is 5.32 Å². The quantitative estimate of drug-likeness (QED) is 0.803. The van der Waals surface area contributed by atoms with Crippen LogP contribution in [0.4, 0.5) is 0 Å². The summed E-state index contributed by atoms with van der Waals surface area (Å²) in [5, 5.41) is 3.18. The average molecular weight is 272 g/mol. The van der Waals surface area contributed by atoms with E-state index in [-0.39, 0.29) is 24.5 Å². The van der Waals surface area contributed by atoms with E-state index in [0.29, 0.717) is 6.54 Å². The third-order valence-electron chi connectivity index (χ3n) is 2.83. The Morgan fingerprint density at radius 3 is 2.44 bits per heavy atom. The van der Waals surface area contributed by atoms with Crippen molar-refractivity contribution in [2.45, 2.75) is 32.9 Å². The van der Waals surface area contributed by atoms with Gasteiger partial charge in [0.05, 0.1) is 0 Å². The van der Waals surface area contributed by atoms with Crippen molar-refractivity contribution in [1.82, 2.24) is 13.9 Å². The van der Waals surface area contributed by atoms with Gasteiger partial charge in [-0.05, 0) is 20.8 Å². The number of nitrogens with one attached hydrogen (secondary N) is 1. The molecule has 1 aliphatic heterocycles. The van der Waals surface area contributed by atoms with Gasteiger partial charge >= 0.3 is 0 Å². The molecule has 1 rings (SSSR count). The maximum atomic E-state index is 12.2. The summed E-state index contributed by atoms with van der Waals surface area (Å²) in [4.78, 5) is 0. The lowest BCUT2D eigenvalue weighted by atomic mass is 10.3. The summed E-state index contributed by atoms with van der Waals surface area (Å²) in [7, 11) is -1.65. The highest BCUT2D eigenvalue weighted by Crippen LogP contribution is 2.14. The first-order valence-corrected chi connectivity index (χ1v) is 6.72. The second-order valence-electron chi connectivity index (χ2n) is 4.28. The Bertz CT molecular complexity index is 308. The second-order valence-corrected chi connectivity index (χ2v) is 6.22. The van der Waals surface area contributed by atoms with Crippen molar-refractivity contribution in [3.05, 3.63) is 0 Å². The molecule has 0 bridgehead atoms. The van der Waals surface area contributed by atoms with Gasteiger partial charge in [0.15, 0.2) is 0 Å². The van der Waals surface area contributed by atoms with Gasteiger partial charge in [0.25, 0.3) is 10.2 Å². The van der Waals surface area contributed by atoms with Gasteiger partial charge in [-0.1, -0.05) is 0 Å². The van der Waals surface area contributed by atoms with Crippen LogP contribution < -0.4 is 5.32 Å². The highest BCUT2D eigenvalue weighted by atomic mass is 35.5. The van der Waals surface area contributed by atoms with Gasteiger partial charge in [-0.15, -0.1) is 12.4 Å². The van der Waals surface area contributed by atoms with Crippen LogP contribution >= 0.6 is 12.4 Å². The number of hydrogen-bond donors (Lipinski definition) is 1. The highest BCUT2D eigenvalue weighted by molar-refractivity contribution is 7.86. The summed E-state index contributed by atoms with van der Waals surface area (Å²) >= 11 is 0. The maximum Gasteiger partial charge on any atom is 0.282 e. The molecule has 7 heteroatoms. The summed E-state index contributed by atoms with van der Waals surface area (Å²) in [5.74, 6) is 0. The second kappa shape index (κ2) is 6.16. The minimum Gasteiger partial charge on any atom is -0.314 e. The maximum absolute atomic E-state index is 12.2. The Morgan fingerprint density at radius 2 is 2.00 bits per heavy atom. The van der Waals surface area contributed by atoms with E-state index in [1.807, 2.05) is 20.8 Å². The van der Waals surface area contributed by atoms with E-state index in [4.69, 9.17) is 0 Å².